The molecule has 1 aliphatic carbocycles. The topological polar surface area (TPSA) is 15.3 Å². The summed E-state index contributed by atoms with van der Waals surface area (Å²) >= 11 is 6.07. The van der Waals surface area contributed by atoms with Crippen molar-refractivity contribution in [3.63, 3.8) is 0 Å². The van der Waals surface area contributed by atoms with Crippen LogP contribution in [0.5, 0.6) is 0 Å². The number of piperazine rings is 1. The molecule has 1 atom stereocenters. The van der Waals surface area contributed by atoms with Gasteiger partial charge >= 0.3 is 0 Å². The normalized spacial score (nSPS) is 25.0. The van der Waals surface area contributed by atoms with E-state index in [2.05, 4.69) is 24.1 Å². The van der Waals surface area contributed by atoms with Crippen LogP contribution in [0, 0.1) is 11.7 Å². The molecule has 3 rings (SSSR count). The predicted octanol–water partition coefficient (Wildman–Crippen LogP) is 4.23. The van der Waals surface area contributed by atoms with Gasteiger partial charge in [-0.25, -0.2) is 4.39 Å². The van der Waals surface area contributed by atoms with Gasteiger partial charge in [0.1, 0.15) is 5.82 Å². The van der Waals surface area contributed by atoms with E-state index in [0.717, 1.165) is 18.8 Å². The molecule has 1 aliphatic heterocycles. The van der Waals surface area contributed by atoms with Crippen LogP contribution in [-0.4, -0.2) is 24.7 Å². The van der Waals surface area contributed by atoms with Crippen LogP contribution < -0.4 is 10.2 Å². The van der Waals surface area contributed by atoms with Gasteiger partial charge in [-0.1, -0.05) is 38.3 Å². The van der Waals surface area contributed by atoms with E-state index >= 15 is 0 Å². The Labute approximate surface area is 131 Å². The Hall–Kier alpha value is -0.800. The van der Waals surface area contributed by atoms with Crippen molar-refractivity contribution in [2.45, 2.75) is 51.1 Å². The zero-order chi connectivity index (χ0) is 15.0. The van der Waals surface area contributed by atoms with Crippen LogP contribution in [0.2, 0.25) is 5.02 Å². The zero-order valence-electron chi connectivity index (χ0n) is 12.8. The van der Waals surface area contributed by atoms with Gasteiger partial charge in [-0.15, -0.1) is 0 Å². The van der Waals surface area contributed by atoms with Crippen molar-refractivity contribution < 1.29 is 4.39 Å². The third-order valence-corrected chi connectivity index (χ3v) is 5.29. The van der Waals surface area contributed by atoms with Crippen molar-refractivity contribution in [1.29, 1.82) is 0 Å². The van der Waals surface area contributed by atoms with Crippen molar-refractivity contribution in [2.75, 3.05) is 18.0 Å². The Morgan fingerprint density at radius 3 is 2.62 bits per heavy atom. The lowest BCUT2D eigenvalue weighted by molar-refractivity contribution is 0.245. The molecule has 2 aliphatic rings. The molecule has 1 unspecified atom stereocenters. The summed E-state index contributed by atoms with van der Waals surface area (Å²) in [5, 5.41) is 4.26. The average molecular weight is 311 g/mol. The Kier molecular flexibility index (Phi) is 4.15. The highest BCUT2D eigenvalue weighted by molar-refractivity contribution is 6.30. The number of nitrogens with zero attached hydrogens (tertiary/aromatic N) is 1. The molecule has 1 spiro atoms. The first-order chi connectivity index (χ1) is 9.99. The second-order valence-electron chi connectivity index (χ2n) is 6.94. The van der Waals surface area contributed by atoms with Crippen molar-refractivity contribution >= 4 is 17.3 Å². The van der Waals surface area contributed by atoms with Crippen LogP contribution in [0.1, 0.15) is 39.5 Å². The van der Waals surface area contributed by atoms with E-state index < -0.39 is 0 Å². The summed E-state index contributed by atoms with van der Waals surface area (Å²) in [6.07, 6.45) is 5.02. The van der Waals surface area contributed by atoms with E-state index in [4.69, 9.17) is 11.6 Å². The maximum Gasteiger partial charge on any atom is 0.126 e. The minimum absolute atomic E-state index is 0.212. The van der Waals surface area contributed by atoms with Gasteiger partial charge in [-0.05, 0) is 37.0 Å². The van der Waals surface area contributed by atoms with Crippen LogP contribution >= 0.6 is 11.6 Å². The second-order valence-corrected chi connectivity index (χ2v) is 7.37. The van der Waals surface area contributed by atoms with Gasteiger partial charge in [0.05, 0.1) is 0 Å². The van der Waals surface area contributed by atoms with E-state index in [1.807, 2.05) is 6.07 Å². The highest BCUT2D eigenvalue weighted by Gasteiger charge is 2.42. The highest BCUT2D eigenvalue weighted by atomic mass is 35.5. The summed E-state index contributed by atoms with van der Waals surface area (Å²) < 4.78 is 13.8. The third-order valence-electron chi connectivity index (χ3n) is 5.07. The Morgan fingerprint density at radius 2 is 2.00 bits per heavy atom. The van der Waals surface area contributed by atoms with E-state index in [-0.39, 0.29) is 11.4 Å². The number of rotatable bonds is 2. The van der Waals surface area contributed by atoms with Gasteiger partial charge in [0, 0.05) is 35.4 Å². The molecule has 0 amide bonds. The lowest BCUT2D eigenvalue weighted by Gasteiger charge is -2.49. The van der Waals surface area contributed by atoms with Crippen molar-refractivity contribution in [1.82, 2.24) is 5.32 Å². The van der Waals surface area contributed by atoms with Crippen LogP contribution in [0.15, 0.2) is 18.2 Å². The lowest BCUT2D eigenvalue weighted by atomic mass is 9.88. The minimum Gasteiger partial charge on any atom is -0.365 e. The van der Waals surface area contributed by atoms with Crippen molar-refractivity contribution in [3.8, 4) is 0 Å². The highest BCUT2D eigenvalue weighted by Crippen LogP contribution is 2.37. The summed E-state index contributed by atoms with van der Waals surface area (Å²) in [6.45, 7) is 6.38. The average Bonchev–Trinajstić information content (AvgIpc) is 2.85. The smallest absolute Gasteiger partial charge is 0.126 e. The molecule has 0 aromatic heterocycles. The summed E-state index contributed by atoms with van der Waals surface area (Å²) in [6, 6.07) is 5.28. The van der Waals surface area contributed by atoms with Gasteiger partial charge in [0.25, 0.3) is 0 Å². The quantitative estimate of drug-likeness (QED) is 0.879. The fourth-order valence-electron chi connectivity index (χ4n) is 3.90. The largest absolute Gasteiger partial charge is 0.365 e. The van der Waals surface area contributed by atoms with Gasteiger partial charge in [-0.2, -0.15) is 0 Å². The standard InChI is InChI=1S/C17H24ClFN2/c1-12(2)16-10-20-17(5-3-4-6-17)11-21(16)15-8-13(18)7-14(19)9-15/h7-9,12,16,20H,3-6,10-11H2,1-2H3. The minimum atomic E-state index is -0.251. The second kappa shape index (κ2) is 5.77. The number of nitrogens with one attached hydrogen (secondary N) is 1. The molecule has 1 heterocycles. The van der Waals surface area contributed by atoms with Crippen LogP contribution in [-0.2, 0) is 0 Å². The van der Waals surface area contributed by atoms with Crippen molar-refractivity contribution in [3.05, 3.63) is 29.0 Å². The molecule has 4 heteroatoms. The van der Waals surface area contributed by atoms with Gasteiger partial charge in [-0.3, -0.25) is 0 Å². The molecule has 2 nitrogen and oxygen atoms in total. The molecule has 2 fully saturated rings. The number of anilines is 1. The maximum atomic E-state index is 13.8. The molecule has 1 aromatic rings. The predicted molar refractivity (Wildman–Crippen MR) is 86.6 cm³/mol. The molecule has 0 bridgehead atoms. The molecule has 1 aromatic carbocycles. The molecular formula is C17H24ClFN2. The molecule has 1 N–H and O–H groups in total. The first-order valence-corrected chi connectivity index (χ1v) is 8.35. The Balaban J connectivity index is 1.93. The first kappa shape index (κ1) is 15.1. The number of halogens is 2. The third kappa shape index (κ3) is 3.04. The molecule has 116 valence electrons. The first-order valence-electron chi connectivity index (χ1n) is 7.97. The molecular weight excluding hydrogens is 287 g/mol. The van der Waals surface area contributed by atoms with Gasteiger partial charge < -0.3 is 10.2 Å². The summed E-state index contributed by atoms with van der Waals surface area (Å²) in [4.78, 5) is 2.38. The molecule has 0 radical (unpaired) electrons. The van der Waals surface area contributed by atoms with Gasteiger partial charge in [0.2, 0.25) is 0 Å². The summed E-state index contributed by atoms with van der Waals surface area (Å²) in [7, 11) is 0. The van der Waals surface area contributed by atoms with Crippen LogP contribution in [0.3, 0.4) is 0 Å². The van der Waals surface area contributed by atoms with E-state index in [1.54, 1.807) is 6.07 Å². The Morgan fingerprint density at radius 1 is 1.29 bits per heavy atom. The fraction of sp³-hybridized carbons (Fsp3) is 0.647. The number of hydrogen-bond donors (Lipinski definition) is 1. The lowest BCUT2D eigenvalue weighted by Crippen LogP contribution is -2.64. The summed E-state index contributed by atoms with van der Waals surface area (Å²) in [5.41, 5.74) is 1.14. The monoisotopic (exact) mass is 310 g/mol. The van der Waals surface area contributed by atoms with Gasteiger partial charge in [0.15, 0.2) is 0 Å². The molecule has 1 saturated heterocycles. The number of hydrogen-bond acceptors (Lipinski definition) is 2. The van der Waals surface area contributed by atoms with Crippen LogP contribution in [0.4, 0.5) is 10.1 Å². The summed E-state index contributed by atoms with van der Waals surface area (Å²) in [5.74, 6) is 0.261. The number of benzene rings is 1. The maximum absolute atomic E-state index is 13.8. The SMILES string of the molecule is CC(C)C1CNC2(CCCC2)CN1c1cc(F)cc(Cl)c1. The van der Waals surface area contributed by atoms with E-state index in [9.17, 15) is 4.39 Å². The molecule has 21 heavy (non-hydrogen) atoms. The zero-order valence-corrected chi connectivity index (χ0v) is 13.6. The van der Waals surface area contributed by atoms with E-state index in [1.165, 1.54) is 31.7 Å². The van der Waals surface area contributed by atoms with E-state index in [0.29, 0.717) is 17.0 Å². The van der Waals surface area contributed by atoms with Crippen molar-refractivity contribution in [2.24, 2.45) is 5.92 Å². The fourth-order valence-corrected chi connectivity index (χ4v) is 4.12. The Bertz CT molecular complexity index is 491. The van der Waals surface area contributed by atoms with Crippen LogP contribution in [0.25, 0.3) is 0 Å². The molecule has 1 saturated carbocycles.